The highest BCUT2D eigenvalue weighted by Gasteiger charge is 2.27. The minimum absolute atomic E-state index is 0.0426. The first-order valence-corrected chi connectivity index (χ1v) is 10.9. The maximum absolute atomic E-state index is 14.2. The third kappa shape index (κ3) is 6.99. The molecule has 162 valence electrons. The quantitative estimate of drug-likeness (QED) is 0.470. The van der Waals surface area contributed by atoms with Gasteiger partial charge in [0.15, 0.2) is 6.61 Å². The highest BCUT2D eigenvalue weighted by atomic mass is 79.9. The molecular weight excluding hydrogens is 475 g/mol. The van der Waals surface area contributed by atoms with E-state index in [0.717, 1.165) is 12.8 Å². The minimum atomic E-state index is -0.786. The van der Waals surface area contributed by atoms with Crippen molar-refractivity contribution in [2.45, 2.75) is 39.3 Å². The zero-order chi connectivity index (χ0) is 22.1. The molecule has 2 rings (SSSR count). The van der Waals surface area contributed by atoms with Crippen molar-refractivity contribution < 1.29 is 18.7 Å². The van der Waals surface area contributed by atoms with Gasteiger partial charge in [-0.25, -0.2) is 4.39 Å². The van der Waals surface area contributed by atoms with Crippen molar-refractivity contribution in [1.82, 2.24) is 10.2 Å². The highest BCUT2D eigenvalue weighted by Crippen LogP contribution is 2.28. The maximum atomic E-state index is 14.2. The van der Waals surface area contributed by atoms with Crippen LogP contribution >= 0.6 is 27.5 Å². The van der Waals surface area contributed by atoms with Crippen molar-refractivity contribution in [2.75, 3.05) is 13.2 Å². The van der Waals surface area contributed by atoms with Crippen LogP contribution in [0, 0.1) is 5.82 Å². The summed E-state index contributed by atoms with van der Waals surface area (Å²) < 4.78 is 20.4. The third-order valence-corrected chi connectivity index (χ3v) is 5.40. The summed E-state index contributed by atoms with van der Waals surface area (Å²) in [5.41, 5.74) is 0.326. The van der Waals surface area contributed by atoms with Crippen LogP contribution in [0.1, 0.15) is 32.3 Å². The van der Waals surface area contributed by atoms with Gasteiger partial charge in [0.2, 0.25) is 5.91 Å². The smallest absolute Gasteiger partial charge is 0.261 e. The molecule has 0 bridgehead atoms. The summed E-state index contributed by atoms with van der Waals surface area (Å²) >= 11 is 9.26. The molecule has 0 aliphatic heterocycles. The second-order valence-electron chi connectivity index (χ2n) is 6.80. The number of carbonyl (C=O) groups is 2. The van der Waals surface area contributed by atoms with Crippen LogP contribution in [0.5, 0.6) is 5.75 Å². The Balaban J connectivity index is 2.15. The van der Waals surface area contributed by atoms with E-state index in [-0.39, 0.29) is 19.1 Å². The minimum Gasteiger partial charge on any atom is -0.483 e. The molecule has 2 amide bonds. The number of nitrogens with zero attached hydrogens (tertiary/aromatic N) is 1. The molecule has 1 atom stereocenters. The number of ether oxygens (including phenoxy) is 1. The van der Waals surface area contributed by atoms with Gasteiger partial charge >= 0.3 is 0 Å². The van der Waals surface area contributed by atoms with Crippen LogP contribution in [0.15, 0.2) is 46.9 Å². The van der Waals surface area contributed by atoms with E-state index in [2.05, 4.69) is 21.2 Å². The van der Waals surface area contributed by atoms with E-state index < -0.39 is 17.8 Å². The molecule has 0 saturated carbocycles. The second kappa shape index (κ2) is 11.9. The molecule has 0 unspecified atom stereocenters. The average Bonchev–Trinajstić information content (AvgIpc) is 2.72. The Bertz CT molecular complexity index is 881. The molecule has 0 heterocycles. The fourth-order valence-corrected chi connectivity index (χ4v) is 3.54. The molecule has 0 saturated heterocycles. The van der Waals surface area contributed by atoms with Gasteiger partial charge in [-0.1, -0.05) is 43.1 Å². The molecule has 2 aromatic rings. The highest BCUT2D eigenvalue weighted by molar-refractivity contribution is 9.10. The molecule has 8 heteroatoms. The van der Waals surface area contributed by atoms with E-state index in [9.17, 15) is 14.0 Å². The Labute approximate surface area is 189 Å². The molecule has 30 heavy (non-hydrogen) atoms. The molecule has 0 fully saturated rings. The Hall–Kier alpha value is -2.12. The molecule has 0 aliphatic rings. The summed E-state index contributed by atoms with van der Waals surface area (Å²) in [5, 5.41) is 3.35. The van der Waals surface area contributed by atoms with Gasteiger partial charge in [0.05, 0.1) is 4.47 Å². The van der Waals surface area contributed by atoms with Crippen molar-refractivity contribution in [3.63, 3.8) is 0 Å². The molecule has 0 radical (unpaired) electrons. The largest absolute Gasteiger partial charge is 0.483 e. The molecular formula is C22H25BrClFN2O3. The van der Waals surface area contributed by atoms with E-state index >= 15 is 0 Å². The lowest BCUT2D eigenvalue weighted by Gasteiger charge is -2.29. The average molecular weight is 500 g/mol. The van der Waals surface area contributed by atoms with Crippen LogP contribution in [-0.2, 0) is 16.1 Å². The molecule has 0 aliphatic carbocycles. The first-order valence-electron chi connectivity index (χ1n) is 9.72. The number of hydrogen-bond acceptors (Lipinski definition) is 3. The van der Waals surface area contributed by atoms with Gasteiger partial charge in [0, 0.05) is 23.7 Å². The molecule has 2 aromatic carbocycles. The number of carbonyl (C=O) groups excluding carboxylic acids is 2. The van der Waals surface area contributed by atoms with Crippen LogP contribution in [-0.4, -0.2) is 35.9 Å². The van der Waals surface area contributed by atoms with Crippen LogP contribution in [0.3, 0.4) is 0 Å². The van der Waals surface area contributed by atoms with E-state index in [1.165, 1.54) is 11.0 Å². The summed E-state index contributed by atoms with van der Waals surface area (Å²) in [4.78, 5) is 26.8. The van der Waals surface area contributed by atoms with Crippen molar-refractivity contribution in [2.24, 2.45) is 0 Å². The first kappa shape index (κ1) is 24.2. The van der Waals surface area contributed by atoms with Crippen molar-refractivity contribution in [3.05, 3.63) is 63.3 Å². The van der Waals surface area contributed by atoms with E-state index in [1.54, 1.807) is 43.3 Å². The van der Waals surface area contributed by atoms with Gasteiger partial charge in [-0.2, -0.15) is 0 Å². The summed E-state index contributed by atoms with van der Waals surface area (Å²) in [6, 6.07) is 10.3. The van der Waals surface area contributed by atoms with Crippen LogP contribution < -0.4 is 10.1 Å². The SMILES string of the molecule is CCCCNC(=O)[C@@H](C)N(Cc1ccccc1F)C(=O)COc1ccc(Cl)cc1Br. The summed E-state index contributed by atoms with van der Waals surface area (Å²) in [5.74, 6) is -0.715. The van der Waals surface area contributed by atoms with Gasteiger partial charge < -0.3 is 15.0 Å². The predicted molar refractivity (Wildman–Crippen MR) is 119 cm³/mol. The summed E-state index contributed by atoms with van der Waals surface area (Å²) in [6.45, 7) is 3.82. The Morgan fingerprint density at radius 1 is 1.27 bits per heavy atom. The topological polar surface area (TPSA) is 58.6 Å². The van der Waals surface area contributed by atoms with Crippen molar-refractivity contribution in [1.29, 1.82) is 0 Å². The number of benzene rings is 2. The van der Waals surface area contributed by atoms with Gasteiger partial charge in [-0.05, 0) is 53.5 Å². The molecule has 1 N–H and O–H groups in total. The fraction of sp³-hybridized carbons (Fsp3) is 0.364. The predicted octanol–water partition coefficient (Wildman–Crippen LogP) is 4.95. The number of rotatable bonds is 10. The number of hydrogen-bond donors (Lipinski definition) is 1. The monoisotopic (exact) mass is 498 g/mol. The lowest BCUT2D eigenvalue weighted by atomic mass is 10.1. The van der Waals surface area contributed by atoms with Crippen LogP contribution in [0.25, 0.3) is 0 Å². The van der Waals surface area contributed by atoms with Gasteiger partial charge in [-0.15, -0.1) is 0 Å². The van der Waals surface area contributed by atoms with Gasteiger partial charge in [-0.3, -0.25) is 9.59 Å². The zero-order valence-corrected chi connectivity index (χ0v) is 19.3. The van der Waals surface area contributed by atoms with Crippen LogP contribution in [0.4, 0.5) is 4.39 Å². The van der Waals surface area contributed by atoms with Crippen molar-refractivity contribution in [3.8, 4) is 5.75 Å². The maximum Gasteiger partial charge on any atom is 0.261 e. The number of unbranched alkanes of at least 4 members (excludes halogenated alkanes) is 1. The lowest BCUT2D eigenvalue weighted by Crippen LogP contribution is -2.49. The summed E-state index contributed by atoms with van der Waals surface area (Å²) in [7, 11) is 0. The zero-order valence-electron chi connectivity index (χ0n) is 17.0. The fourth-order valence-electron chi connectivity index (χ4n) is 2.74. The Morgan fingerprint density at radius 2 is 2.00 bits per heavy atom. The van der Waals surface area contributed by atoms with Crippen LogP contribution in [0.2, 0.25) is 5.02 Å². The Morgan fingerprint density at radius 3 is 2.67 bits per heavy atom. The van der Waals surface area contributed by atoms with E-state index in [4.69, 9.17) is 16.3 Å². The number of halogens is 3. The second-order valence-corrected chi connectivity index (χ2v) is 8.09. The number of amides is 2. The standard InChI is InChI=1S/C22H25BrClFN2O3/c1-3-4-11-26-22(29)15(2)27(13-16-7-5-6-8-19(16)25)21(28)14-30-20-10-9-17(24)12-18(20)23/h5-10,12,15H,3-4,11,13-14H2,1-2H3,(H,26,29)/t15-/m1/s1. The van der Waals surface area contributed by atoms with Crippen molar-refractivity contribution >= 4 is 39.3 Å². The normalized spacial score (nSPS) is 11.6. The third-order valence-electron chi connectivity index (χ3n) is 4.54. The lowest BCUT2D eigenvalue weighted by molar-refractivity contribution is -0.142. The van der Waals surface area contributed by atoms with Gasteiger partial charge in [0.1, 0.15) is 17.6 Å². The van der Waals surface area contributed by atoms with Gasteiger partial charge in [0.25, 0.3) is 5.91 Å². The molecule has 5 nitrogen and oxygen atoms in total. The summed E-state index contributed by atoms with van der Waals surface area (Å²) in [6.07, 6.45) is 1.78. The number of nitrogens with one attached hydrogen (secondary N) is 1. The first-order chi connectivity index (χ1) is 14.3. The van der Waals surface area contributed by atoms with E-state index in [0.29, 0.717) is 27.4 Å². The van der Waals surface area contributed by atoms with E-state index in [1.807, 2.05) is 6.92 Å². The Kier molecular flexibility index (Phi) is 9.59. The molecule has 0 spiro atoms. The molecule has 0 aromatic heterocycles.